The molecule has 5 fully saturated rings. The molecule has 4 saturated carbocycles. The van der Waals surface area contributed by atoms with Gasteiger partial charge in [-0.2, -0.15) is 0 Å². The summed E-state index contributed by atoms with van der Waals surface area (Å²) >= 11 is 0. The van der Waals surface area contributed by atoms with Crippen molar-refractivity contribution < 1.29 is 5.11 Å². The molecular weight excluding hydrogens is 368 g/mol. The van der Waals surface area contributed by atoms with Crippen LogP contribution in [-0.4, -0.2) is 41.3 Å². The topological polar surface area (TPSA) is 49.5 Å². The number of hydrogen-bond acceptors (Lipinski definition) is 3. The molecule has 0 aromatic carbocycles. The molecule has 30 heavy (non-hydrogen) atoms. The Morgan fingerprint density at radius 1 is 1.03 bits per heavy atom. The molecule has 0 radical (unpaired) electrons. The van der Waals surface area contributed by atoms with Gasteiger partial charge in [-0.1, -0.05) is 26.3 Å². The van der Waals surface area contributed by atoms with Gasteiger partial charge in [-0.15, -0.1) is 6.58 Å². The second kappa shape index (κ2) is 7.89. The molecule has 1 unspecified atom stereocenters. The van der Waals surface area contributed by atoms with Gasteiger partial charge in [0, 0.05) is 12.1 Å². The first-order chi connectivity index (χ1) is 14.4. The van der Waals surface area contributed by atoms with Gasteiger partial charge in [0.2, 0.25) is 0 Å². The van der Waals surface area contributed by atoms with Crippen molar-refractivity contribution in [3.63, 3.8) is 0 Å². The molecule has 170 valence electrons. The van der Waals surface area contributed by atoms with E-state index in [0.717, 1.165) is 24.2 Å². The quantitative estimate of drug-likeness (QED) is 0.640. The van der Waals surface area contributed by atoms with Gasteiger partial charge in [0.1, 0.15) is 0 Å². The highest BCUT2D eigenvalue weighted by molar-refractivity contribution is 5.14. The van der Waals surface area contributed by atoms with Gasteiger partial charge < -0.3 is 10.8 Å². The molecule has 3 nitrogen and oxygen atoms in total. The van der Waals surface area contributed by atoms with Crippen molar-refractivity contribution in [2.45, 2.75) is 103 Å². The van der Waals surface area contributed by atoms with Crippen LogP contribution in [0.1, 0.15) is 84.5 Å². The highest BCUT2D eigenvalue weighted by Gasteiger charge is 2.63. The lowest BCUT2D eigenvalue weighted by Crippen LogP contribution is -2.57. The molecule has 4 aliphatic carbocycles. The Bertz CT molecular complexity index is 645. The van der Waals surface area contributed by atoms with E-state index in [1.165, 1.54) is 77.3 Å². The molecule has 0 aromatic heterocycles. The van der Waals surface area contributed by atoms with Crippen molar-refractivity contribution in [1.82, 2.24) is 4.90 Å². The fourth-order valence-corrected chi connectivity index (χ4v) is 9.53. The number of aliphatic hydroxyl groups excluding tert-OH is 1. The summed E-state index contributed by atoms with van der Waals surface area (Å²) in [5.74, 6) is 3.81. The van der Waals surface area contributed by atoms with E-state index < -0.39 is 0 Å². The van der Waals surface area contributed by atoms with Crippen LogP contribution in [0.3, 0.4) is 0 Å². The predicted molar refractivity (Wildman–Crippen MR) is 124 cm³/mol. The Morgan fingerprint density at radius 3 is 2.53 bits per heavy atom. The van der Waals surface area contributed by atoms with Crippen molar-refractivity contribution in [3.8, 4) is 0 Å². The number of likely N-dealkylation sites (tertiary alicyclic amines) is 1. The Balaban J connectivity index is 1.37. The van der Waals surface area contributed by atoms with E-state index in [-0.39, 0.29) is 11.5 Å². The molecular formula is C27H46N2O. The first kappa shape index (κ1) is 21.5. The number of nitrogens with zero attached hydrogens (tertiary/aromatic N) is 1. The first-order valence-electron chi connectivity index (χ1n) is 13.2. The molecule has 0 bridgehead atoms. The Morgan fingerprint density at radius 2 is 1.80 bits per heavy atom. The first-order valence-corrected chi connectivity index (χ1v) is 13.2. The SMILES string of the molecule is C=CCC1C[C@@H]2CC[C@@H]3[C@H](CC[C@]4(C)[C@@H](O)[C@@H](N5CCCCC5)C[C@@H]34)[C@@]2(C)C[C@@H]1N. The molecule has 1 saturated heterocycles. The van der Waals surface area contributed by atoms with Crippen LogP contribution in [0.5, 0.6) is 0 Å². The molecule has 10 atom stereocenters. The standard InChI is InChI=1S/C27H46N2O/c1-4-8-18-15-19-9-10-20-21(27(19,3)17-23(18)28)11-12-26(2)22(20)16-24(25(26)30)29-13-6-5-7-14-29/h4,18-25,30H,1,5-17,28H2,2-3H3/t18?,19-,20+,21-,22-,23-,24-,25-,26-,27-/m0/s1. The molecule has 1 aliphatic heterocycles. The maximum absolute atomic E-state index is 11.5. The third kappa shape index (κ3) is 3.17. The molecule has 5 rings (SSSR count). The van der Waals surface area contributed by atoms with Crippen LogP contribution in [0.25, 0.3) is 0 Å². The second-order valence-corrected chi connectivity index (χ2v) is 12.4. The average molecular weight is 415 g/mol. The summed E-state index contributed by atoms with van der Waals surface area (Å²) in [5, 5.41) is 11.5. The number of hydrogen-bond donors (Lipinski definition) is 2. The van der Waals surface area contributed by atoms with E-state index in [4.69, 9.17) is 5.73 Å². The van der Waals surface area contributed by atoms with E-state index in [0.29, 0.717) is 29.3 Å². The van der Waals surface area contributed by atoms with E-state index in [9.17, 15) is 5.11 Å². The minimum Gasteiger partial charge on any atom is -0.391 e. The van der Waals surface area contributed by atoms with Gasteiger partial charge >= 0.3 is 0 Å². The number of piperidine rings is 1. The second-order valence-electron chi connectivity index (χ2n) is 12.4. The lowest BCUT2D eigenvalue weighted by Gasteiger charge is -2.61. The number of fused-ring (bicyclic) bond motifs is 5. The van der Waals surface area contributed by atoms with Crippen LogP contribution in [0, 0.1) is 40.4 Å². The molecule has 3 heteroatoms. The van der Waals surface area contributed by atoms with E-state index in [2.05, 4.69) is 31.4 Å². The number of aliphatic hydroxyl groups is 1. The highest BCUT2D eigenvalue weighted by Crippen LogP contribution is 2.67. The summed E-state index contributed by atoms with van der Waals surface area (Å²) in [6.45, 7) is 11.5. The van der Waals surface area contributed by atoms with Crippen molar-refractivity contribution in [2.75, 3.05) is 13.1 Å². The molecule has 3 N–H and O–H groups in total. The van der Waals surface area contributed by atoms with Crippen LogP contribution in [-0.2, 0) is 0 Å². The van der Waals surface area contributed by atoms with Crippen molar-refractivity contribution >= 4 is 0 Å². The summed E-state index contributed by atoms with van der Waals surface area (Å²) in [7, 11) is 0. The zero-order chi connectivity index (χ0) is 21.1. The van der Waals surface area contributed by atoms with Crippen LogP contribution < -0.4 is 5.73 Å². The highest BCUT2D eigenvalue weighted by atomic mass is 16.3. The van der Waals surface area contributed by atoms with Gasteiger partial charge in [-0.05, 0) is 118 Å². The number of nitrogens with two attached hydrogens (primary N) is 1. The fraction of sp³-hybridized carbons (Fsp3) is 0.926. The van der Waals surface area contributed by atoms with E-state index in [1.54, 1.807) is 0 Å². The molecule has 1 heterocycles. The van der Waals surface area contributed by atoms with Crippen LogP contribution in [0.4, 0.5) is 0 Å². The monoisotopic (exact) mass is 414 g/mol. The third-order valence-electron chi connectivity index (χ3n) is 11.2. The van der Waals surface area contributed by atoms with Gasteiger partial charge in [0.05, 0.1) is 6.10 Å². The summed E-state index contributed by atoms with van der Waals surface area (Å²) < 4.78 is 0. The Labute approximate surface area is 184 Å². The van der Waals surface area contributed by atoms with E-state index in [1.807, 2.05) is 0 Å². The maximum Gasteiger partial charge on any atom is 0.0751 e. The van der Waals surface area contributed by atoms with Crippen LogP contribution in [0.2, 0.25) is 0 Å². The molecule has 0 amide bonds. The van der Waals surface area contributed by atoms with Gasteiger partial charge in [-0.3, -0.25) is 4.90 Å². The number of allylic oxidation sites excluding steroid dienone is 1. The average Bonchev–Trinajstić information content (AvgIpc) is 3.01. The Kier molecular flexibility index (Phi) is 5.64. The number of rotatable bonds is 3. The fourth-order valence-electron chi connectivity index (χ4n) is 9.53. The molecule has 0 aromatic rings. The maximum atomic E-state index is 11.5. The van der Waals surface area contributed by atoms with Crippen molar-refractivity contribution in [3.05, 3.63) is 12.7 Å². The summed E-state index contributed by atoms with van der Waals surface area (Å²) in [4.78, 5) is 2.66. The summed E-state index contributed by atoms with van der Waals surface area (Å²) in [6, 6.07) is 0.752. The van der Waals surface area contributed by atoms with Crippen LogP contribution in [0.15, 0.2) is 12.7 Å². The van der Waals surface area contributed by atoms with E-state index >= 15 is 0 Å². The molecule has 0 spiro atoms. The Hall–Kier alpha value is -0.380. The van der Waals surface area contributed by atoms with Gasteiger partial charge in [0.15, 0.2) is 0 Å². The van der Waals surface area contributed by atoms with Crippen LogP contribution >= 0.6 is 0 Å². The zero-order valence-corrected chi connectivity index (χ0v) is 19.6. The molecule has 5 aliphatic rings. The zero-order valence-electron chi connectivity index (χ0n) is 19.6. The largest absolute Gasteiger partial charge is 0.391 e. The smallest absolute Gasteiger partial charge is 0.0751 e. The van der Waals surface area contributed by atoms with Crippen molar-refractivity contribution in [2.24, 2.45) is 46.2 Å². The minimum atomic E-state index is -0.127. The normalized spacial score (nSPS) is 54.1. The summed E-state index contributed by atoms with van der Waals surface area (Å²) in [6.07, 6.45) is 16.1. The van der Waals surface area contributed by atoms with Gasteiger partial charge in [-0.25, -0.2) is 0 Å². The lowest BCUT2D eigenvalue weighted by atomic mass is 9.44. The minimum absolute atomic E-state index is 0.127. The van der Waals surface area contributed by atoms with Crippen molar-refractivity contribution in [1.29, 1.82) is 0 Å². The summed E-state index contributed by atoms with van der Waals surface area (Å²) in [5.41, 5.74) is 7.30. The predicted octanol–water partition coefficient (Wildman–Crippen LogP) is 4.98. The third-order valence-corrected chi connectivity index (χ3v) is 11.2. The van der Waals surface area contributed by atoms with Gasteiger partial charge in [0.25, 0.3) is 0 Å². The lowest BCUT2D eigenvalue weighted by molar-refractivity contribution is -0.131.